The van der Waals surface area contributed by atoms with Crippen molar-refractivity contribution in [1.29, 1.82) is 0 Å². The van der Waals surface area contributed by atoms with Crippen molar-refractivity contribution in [2.45, 2.75) is 25.7 Å². The Morgan fingerprint density at radius 2 is 1.71 bits per heavy atom. The maximum atomic E-state index is 13.7. The third-order valence-electron chi connectivity index (χ3n) is 8.03. The van der Waals surface area contributed by atoms with Gasteiger partial charge in [-0.3, -0.25) is 4.98 Å². The highest BCUT2D eigenvalue weighted by Gasteiger charge is 2.20. The van der Waals surface area contributed by atoms with Crippen LogP contribution in [0.3, 0.4) is 0 Å². The molecule has 0 radical (unpaired) electrons. The van der Waals surface area contributed by atoms with Gasteiger partial charge in [0.1, 0.15) is 23.7 Å². The van der Waals surface area contributed by atoms with Gasteiger partial charge in [0, 0.05) is 48.4 Å². The number of anilines is 2. The van der Waals surface area contributed by atoms with Crippen molar-refractivity contribution in [2.75, 3.05) is 50.0 Å². The summed E-state index contributed by atoms with van der Waals surface area (Å²) >= 11 is 0. The van der Waals surface area contributed by atoms with Gasteiger partial charge in [0.05, 0.1) is 17.6 Å². The molecule has 0 amide bonds. The number of rotatable bonds is 12. The highest BCUT2D eigenvalue weighted by atomic mass is 19.1. The van der Waals surface area contributed by atoms with E-state index in [9.17, 15) is 4.39 Å². The summed E-state index contributed by atoms with van der Waals surface area (Å²) in [4.78, 5) is 15.8. The van der Waals surface area contributed by atoms with Crippen LogP contribution in [0.5, 0.6) is 5.75 Å². The van der Waals surface area contributed by atoms with Gasteiger partial charge in [0.15, 0.2) is 0 Å². The number of likely N-dealkylation sites (tertiary alicyclic amines) is 1. The first-order chi connectivity index (χ1) is 20.7. The standard InChI is InChI=1S/C34H37FN6O/c35-27-8-11-31-30(21-27)32(12-16-36-31)37-17-20-41-18-13-26(14-19-41)23-42-28-9-10-29-33(22-28)39-24-40-34(29)38-15-4-7-25-5-2-1-3-6-25/h1-3,5-6,8-12,16,21-22,24,26H,4,7,13-15,17-20,23H2,(H,36,37)(H,38,39,40). The monoisotopic (exact) mass is 564 g/mol. The Morgan fingerprint density at radius 3 is 2.60 bits per heavy atom. The number of hydrogen-bond acceptors (Lipinski definition) is 7. The van der Waals surface area contributed by atoms with Gasteiger partial charge >= 0.3 is 0 Å². The van der Waals surface area contributed by atoms with Crippen molar-refractivity contribution in [3.63, 3.8) is 0 Å². The van der Waals surface area contributed by atoms with Crippen LogP contribution in [0.2, 0.25) is 0 Å². The van der Waals surface area contributed by atoms with Crippen LogP contribution in [0.4, 0.5) is 15.9 Å². The molecule has 5 aromatic rings. The van der Waals surface area contributed by atoms with Crippen molar-refractivity contribution in [3.05, 3.63) is 96.7 Å². The van der Waals surface area contributed by atoms with E-state index in [-0.39, 0.29) is 5.82 Å². The lowest BCUT2D eigenvalue weighted by Gasteiger charge is -2.32. The minimum Gasteiger partial charge on any atom is -0.493 e. The summed E-state index contributed by atoms with van der Waals surface area (Å²) in [7, 11) is 0. The van der Waals surface area contributed by atoms with Gasteiger partial charge in [-0.2, -0.15) is 0 Å². The maximum Gasteiger partial charge on any atom is 0.137 e. The summed E-state index contributed by atoms with van der Waals surface area (Å²) in [5, 5.41) is 8.78. The first kappa shape index (κ1) is 27.8. The normalized spacial score (nSPS) is 14.3. The molecule has 1 aliphatic heterocycles. The minimum atomic E-state index is -0.244. The SMILES string of the molecule is Fc1ccc2nccc(NCCN3CCC(COc4ccc5c(NCCCc6ccccc6)ncnc5c4)CC3)c2c1. The topological polar surface area (TPSA) is 75.2 Å². The molecule has 0 atom stereocenters. The Morgan fingerprint density at radius 1 is 0.833 bits per heavy atom. The Kier molecular flexibility index (Phi) is 9.00. The van der Waals surface area contributed by atoms with E-state index in [1.54, 1.807) is 24.7 Å². The molecule has 216 valence electrons. The molecule has 2 aromatic heterocycles. The number of nitrogens with zero attached hydrogens (tertiary/aromatic N) is 4. The second-order valence-corrected chi connectivity index (χ2v) is 11.0. The second kappa shape index (κ2) is 13.6. The van der Waals surface area contributed by atoms with E-state index < -0.39 is 0 Å². The van der Waals surface area contributed by atoms with E-state index in [1.807, 2.05) is 24.3 Å². The summed E-state index contributed by atoms with van der Waals surface area (Å²) in [6.07, 6.45) is 7.67. The Bertz CT molecular complexity index is 1610. The molecule has 0 unspecified atom stereocenters. The molecular formula is C34H37FN6O. The van der Waals surface area contributed by atoms with Crippen LogP contribution in [0.25, 0.3) is 21.8 Å². The third kappa shape index (κ3) is 7.12. The number of fused-ring (bicyclic) bond motifs is 2. The second-order valence-electron chi connectivity index (χ2n) is 11.0. The average Bonchev–Trinajstić information content (AvgIpc) is 3.03. The predicted octanol–water partition coefficient (Wildman–Crippen LogP) is 6.56. The Balaban J connectivity index is 0.934. The smallest absolute Gasteiger partial charge is 0.137 e. The molecule has 6 rings (SSSR count). The number of pyridine rings is 1. The molecule has 8 heteroatoms. The van der Waals surface area contributed by atoms with Crippen LogP contribution in [-0.4, -0.2) is 59.2 Å². The molecule has 7 nitrogen and oxygen atoms in total. The highest BCUT2D eigenvalue weighted by molar-refractivity contribution is 5.91. The molecule has 3 heterocycles. The number of aryl methyl sites for hydroxylation is 1. The largest absolute Gasteiger partial charge is 0.493 e. The van der Waals surface area contributed by atoms with Gasteiger partial charge in [-0.25, -0.2) is 14.4 Å². The fraction of sp³-hybridized carbons (Fsp3) is 0.324. The fourth-order valence-corrected chi connectivity index (χ4v) is 5.62. The van der Waals surface area contributed by atoms with E-state index in [0.29, 0.717) is 12.5 Å². The molecule has 1 aliphatic rings. The highest BCUT2D eigenvalue weighted by Crippen LogP contribution is 2.26. The van der Waals surface area contributed by atoms with Gasteiger partial charge in [-0.05, 0) is 86.7 Å². The van der Waals surface area contributed by atoms with Crippen LogP contribution in [0.15, 0.2) is 85.3 Å². The number of ether oxygens (including phenoxy) is 1. The van der Waals surface area contributed by atoms with Crippen LogP contribution in [-0.2, 0) is 6.42 Å². The quantitative estimate of drug-likeness (QED) is 0.166. The van der Waals surface area contributed by atoms with Gasteiger partial charge in [-0.15, -0.1) is 0 Å². The minimum absolute atomic E-state index is 0.244. The van der Waals surface area contributed by atoms with Crippen molar-refractivity contribution in [3.8, 4) is 5.75 Å². The number of halogens is 1. The first-order valence-corrected chi connectivity index (χ1v) is 14.9. The zero-order valence-corrected chi connectivity index (χ0v) is 23.8. The molecule has 42 heavy (non-hydrogen) atoms. The molecule has 0 spiro atoms. The summed E-state index contributed by atoms with van der Waals surface area (Å²) in [6, 6.07) is 23.3. The first-order valence-electron chi connectivity index (χ1n) is 14.9. The fourth-order valence-electron chi connectivity index (χ4n) is 5.62. The van der Waals surface area contributed by atoms with Crippen LogP contribution < -0.4 is 15.4 Å². The Labute approximate surface area is 246 Å². The number of hydrogen-bond donors (Lipinski definition) is 2. The van der Waals surface area contributed by atoms with E-state index in [2.05, 4.69) is 60.8 Å². The van der Waals surface area contributed by atoms with Crippen molar-refractivity contribution in [1.82, 2.24) is 19.9 Å². The van der Waals surface area contributed by atoms with Crippen LogP contribution in [0.1, 0.15) is 24.8 Å². The van der Waals surface area contributed by atoms with Crippen molar-refractivity contribution in [2.24, 2.45) is 5.92 Å². The molecule has 1 saturated heterocycles. The number of aromatic nitrogens is 3. The number of piperidine rings is 1. The van der Waals surface area contributed by atoms with Gasteiger partial charge in [-0.1, -0.05) is 30.3 Å². The maximum absolute atomic E-state index is 13.7. The lowest BCUT2D eigenvalue weighted by atomic mass is 9.98. The molecule has 1 fully saturated rings. The van der Waals surface area contributed by atoms with Gasteiger partial charge in [0.2, 0.25) is 0 Å². The van der Waals surface area contributed by atoms with Crippen molar-refractivity contribution < 1.29 is 9.13 Å². The summed E-state index contributed by atoms with van der Waals surface area (Å²) in [5.41, 5.74) is 3.96. The molecule has 0 bridgehead atoms. The number of nitrogens with one attached hydrogen (secondary N) is 2. The zero-order chi connectivity index (χ0) is 28.6. The summed E-state index contributed by atoms with van der Waals surface area (Å²) in [6.45, 7) is 5.41. The summed E-state index contributed by atoms with van der Waals surface area (Å²) < 4.78 is 20.0. The molecule has 2 N–H and O–H groups in total. The van der Waals surface area contributed by atoms with E-state index in [0.717, 1.165) is 97.5 Å². The van der Waals surface area contributed by atoms with Crippen LogP contribution in [0, 0.1) is 11.7 Å². The predicted molar refractivity (Wildman–Crippen MR) is 168 cm³/mol. The lowest BCUT2D eigenvalue weighted by Crippen LogP contribution is -2.38. The Hall–Kier alpha value is -4.30. The van der Waals surface area contributed by atoms with E-state index in [1.165, 1.54) is 11.6 Å². The van der Waals surface area contributed by atoms with Gasteiger partial charge in [0.25, 0.3) is 0 Å². The lowest BCUT2D eigenvalue weighted by molar-refractivity contribution is 0.145. The molecular weight excluding hydrogens is 527 g/mol. The average molecular weight is 565 g/mol. The van der Waals surface area contributed by atoms with E-state index >= 15 is 0 Å². The van der Waals surface area contributed by atoms with Gasteiger partial charge < -0.3 is 20.3 Å². The molecule has 0 aliphatic carbocycles. The number of benzene rings is 3. The molecule has 3 aromatic carbocycles. The van der Waals surface area contributed by atoms with E-state index in [4.69, 9.17) is 4.74 Å². The van der Waals surface area contributed by atoms with Crippen LogP contribution >= 0.6 is 0 Å². The van der Waals surface area contributed by atoms with Crippen molar-refractivity contribution >= 4 is 33.3 Å². The summed E-state index contributed by atoms with van der Waals surface area (Å²) in [5.74, 6) is 2.01. The third-order valence-corrected chi connectivity index (χ3v) is 8.03. The zero-order valence-electron chi connectivity index (χ0n) is 23.8. The molecule has 0 saturated carbocycles.